The van der Waals surface area contributed by atoms with Gasteiger partial charge in [-0.15, -0.1) is 12.4 Å². The number of hydrogen-bond acceptors (Lipinski definition) is 2. The van der Waals surface area contributed by atoms with Crippen molar-refractivity contribution < 1.29 is 18.0 Å². The fraction of sp³-hybridized carbons (Fsp3) is 0.900. The zero-order chi connectivity index (χ0) is 12.3. The number of carbonyl (C=O) groups excluding carboxylic acids is 1. The van der Waals surface area contributed by atoms with E-state index in [1.54, 1.807) is 0 Å². The van der Waals surface area contributed by atoms with Crippen molar-refractivity contribution in [2.24, 2.45) is 11.7 Å². The molecule has 3 nitrogen and oxygen atoms in total. The van der Waals surface area contributed by atoms with Crippen molar-refractivity contribution in [3.63, 3.8) is 0 Å². The van der Waals surface area contributed by atoms with Gasteiger partial charge in [0.15, 0.2) is 0 Å². The monoisotopic (exact) mass is 274 g/mol. The molecule has 0 aromatic rings. The highest BCUT2D eigenvalue weighted by Gasteiger charge is 2.32. The van der Waals surface area contributed by atoms with Gasteiger partial charge in [-0.25, -0.2) is 0 Å². The second-order valence-corrected chi connectivity index (χ2v) is 4.38. The van der Waals surface area contributed by atoms with E-state index in [1.807, 2.05) is 0 Å². The van der Waals surface area contributed by atoms with Crippen LogP contribution in [0.15, 0.2) is 0 Å². The van der Waals surface area contributed by atoms with E-state index in [4.69, 9.17) is 5.73 Å². The van der Waals surface area contributed by atoms with Crippen LogP contribution in [0.25, 0.3) is 0 Å². The third kappa shape index (κ3) is 6.73. The summed E-state index contributed by atoms with van der Waals surface area (Å²) in [6.45, 7) is 1.63. The summed E-state index contributed by atoms with van der Waals surface area (Å²) in [6.07, 6.45) is -3.19. The fourth-order valence-electron chi connectivity index (χ4n) is 1.45. The third-order valence-corrected chi connectivity index (χ3v) is 2.54. The van der Waals surface area contributed by atoms with Crippen LogP contribution in [0.3, 0.4) is 0 Å². The van der Waals surface area contributed by atoms with Crippen LogP contribution < -0.4 is 5.73 Å². The Hall–Kier alpha value is -0.490. The average Bonchev–Trinajstić information content (AvgIpc) is 2.93. The minimum atomic E-state index is -4.22. The van der Waals surface area contributed by atoms with Crippen LogP contribution in [0.1, 0.15) is 26.2 Å². The number of nitrogens with zero attached hydrogens (tertiary/aromatic N) is 1. The van der Waals surface area contributed by atoms with E-state index >= 15 is 0 Å². The molecule has 1 aliphatic rings. The smallest absolute Gasteiger partial charge is 0.341 e. The van der Waals surface area contributed by atoms with E-state index in [1.165, 1.54) is 11.8 Å². The Labute approximate surface area is 105 Å². The SMILES string of the molecule is CC(N)C(=O)N(CCC(F)(F)F)CC1CC1.Cl. The van der Waals surface area contributed by atoms with Gasteiger partial charge in [0.2, 0.25) is 5.91 Å². The molecule has 0 aromatic carbocycles. The molecule has 0 radical (unpaired) electrons. The molecule has 1 atom stereocenters. The second kappa shape index (κ2) is 6.44. The highest BCUT2D eigenvalue weighted by Crippen LogP contribution is 2.30. The zero-order valence-corrected chi connectivity index (χ0v) is 10.5. The Balaban J connectivity index is 0.00000256. The lowest BCUT2D eigenvalue weighted by molar-refractivity contribution is -0.146. The zero-order valence-electron chi connectivity index (χ0n) is 9.67. The summed E-state index contributed by atoms with van der Waals surface area (Å²) in [5, 5.41) is 0. The summed E-state index contributed by atoms with van der Waals surface area (Å²) in [6, 6.07) is -0.730. The summed E-state index contributed by atoms with van der Waals surface area (Å²) < 4.78 is 36.2. The molecule has 0 heterocycles. The number of amides is 1. The van der Waals surface area contributed by atoms with Gasteiger partial charge in [0.25, 0.3) is 0 Å². The van der Waals surface area contributed by atoms with Crippen molar-refractivity contribution in [2.75, 3.05) is 13.1 Å². The molecule has 1 aliphatic carbocycles. The van der Waals surface area contributed by atoms with Gasteiger partial charge in [-0.3, -0.25) is 4.79 Å². The minimum absolute atomic E-state index is 0. The van der Waals surface area contributed by atoms with Crippen LogP contribution in [-0.2, 0) is 4.79 Å². The van der Waals surface area contributed by atoms with E-state index in [2.05, 4.69) is 0 Å². The summed E-state index contributed by atoms with van der Waals surface area (Å²) in [5.74, 6) is -0.0212. The molecule has 0 bridgehead atoms. The van der Waals surface area contributed by atoms with Gasteiger partial charge in [0.1, 0.15) is 0 Å². The van der Waals surface area contributed by atoms with Crippen molar-refractivity contribution in [1.82, 2.24) is 4.90 Å². The Kier molecular flexibility index (Phi) is 6.26. The number of carbonyl (C=O) groups is 1. The fourth-order valence-corrected chi connectivity index (χ4v) is 1.45. The van der Waals surface area contributed by atoms with Gasteiger partial charge in [-0.1, -0.05) is 0 Å². The largest absolute Gasteiger partial charge is 0.390 e. The molecule has 7 heteroatoms. The molecule has 0 aromatic heterocycles. The average molecular weight is 275 g/mol. The quantitative estimate of drug-likeness (QED) is 0.833. The van der Waals surface area contributed by atoms with E-state index in [9.17, 15) is 18.0 Å². The van der Waals surface area contributed by atoms with Gasteiger partial charge in [-0.05, 0) is 25.7 Å². The number of hydrogen-bond donors (Lipinski definition) is 1. The lowest BCUT2D eigenvalue weighted by Crippen LogP contribution is -2.44. The van der Waals surface area contributed by atoms with Crippen LogP contribution >= 0.6 is 12.4 Å². The highest BCUT2D eigenvalue weighted by atomic mass is 35.5. The molecule has 0 spiro atoms. The Morgan fingerprint density at radius 2 is 2.00 bits per heavy atom. The topological polar surface area (TPSA) is 46.3 Å². The van der Waals surface area contributed by atoms with E-state index < -0.39 is 24.5 Å². The molecule has 0 aliphatic heterocycles. The van der Waals surface area contributed by atoms with Crippen LogP contribution in [0, 0.1) is 5.92 Å². The molecule has 0 saturated heterocycles. The Morgan fingerprint density at radius 1 is 1.47 bits per heavy atom. The molecule has 1 unspecified atom stereocenters. The predicted octanol–water partition coefficient (Wildman–Crippen LogP) is 1.95. The molecule has 1 rings (SSSR count). The molecule has 1 saturated carbocycles. The van der Waals surface area contributed by atoms with Crippen LogP contribution in [0.2, 0.25) is 0 Å². The predicted molar refractivity (Wildman–Crippen MR) is 60.9 cm³/mol. The van der Waals surface area contributed by atoms with Gasteiger partial charge in [0.05, 0.1) is 12.5 Å². The number of rotatable bonds is 5. The first kappa shape index (κ1) is 16.5. The van der Waals surface area contributed by atoms with E-state index in [0.717, 1.165) is 12.8 Å². The Morgan fingerprint density at radius 3 is 2.35 bits per heavy atom. The first-order valence-electron chi connectivity index (χ1n) is 5.40. The standard InChI is InChI=1S/C10H17F3N2O.ClH/c1-7(14)9(16)15(6-8-2-3-8)5-4-10(11,12)13;/h7-8H,2-6,14H2,1H3;1H. The summed E-state index contributed by atoms with van der Waals surface area (Å²) >= 11 is 0. The lowest BCUT2D eigenvalue weighted by atomic mass is 10.2. The van der Waals surface area contributed by atoms with Crippen LogP contribution in [-0.4, -0.2) is 36.1 Å². The maximum atomic E-state index is 12.1. The molecule has 17 heavy (non-hydrogen) atoms. The third-order valence-electron chi connectivity index (χ3n) is 2.54. The molecular weight excluding hydrogens is 257 g/mol. The first-order chi connectivity index (χ1) is 7.29. The van der Waals surface area contributed by atoms with Crippen LogP contribution in [0.5, 0.6) is 0 Å². The van der Waals surface area contributed by atoms with Crippen molar-refractivity contribution in [3.05, 3.63) is 0 Å². The van der Waals surface area contributed by atoms with E-state index in [-0.39, 0.29) is 19.0 Å². The molecule has 102 valence electrons. The van der Waals surface area contributed by atoms with Gasteiger partial charge in [0, 0.05) is 13.1 Å². The van der Waals surface area contributed by atoms with Crippen molar-refractivity contribution >= 4 is 18.3 Å². The maximum Gasteiger partial charge on any atom is 0.390 e. The highest BCUT2D eigenvalue weighted by molar-refractivity contribution is 5.85. The molecule has 2 N–H and O–H groups in total. The van der Waals surface area contributed by atoms with Gasteiger partial charge < -0.3 is 10.6 Å². The summed E-state index contributed by atoms with van der Waals surface area (Å²) in [7, 11) is 0. The summed E-state index contributed by atoms with van der Waals surface area (Å²) in [5.41, 5.74) is 5.40. The molecular formula is C10H18ClF3N2O. The second-order valence-electron chi connectivity index (χ2n) is 4.38. The van der Waals surface area contributed by atoms with Gasteiger partial charge >= 0.3 is 6.18 Å². The minimum Gasteiger partial charge on any atom is -0.341 e. The lowest BCUT2D eigenvalue weighted by Gasteiger charge is -2.24. The normalized spacial score (nSPS) is 17.2. The van der Waals surface area contributed by atoms with Crippen molar-refractivity contribution in [3.8, 4) is 0 Å². The Bertz CT molecular complexity index is 254. The first-order valence-corrected chi connectivity index (χ1v) is 5.40. The number of nitrogens with two attached hydrogens (primary N) is 1. The van der Waals surface area contributed by atoms with Crippen molar-refractivity contribution in [1.29, 1.82) is 0 Å². The van der Waals surface area contributed by atoms with Crippen molar-refractivity contribution in [2.45, 2.75) is 38.4 Å². The maximum absolute atomic E-state index is 12.1. The molecule has 1 fully saturated rings. The number of alkyl halides is 3. The van der Waals surface area contributed by atoms with Gasteiger partial charge in [-0.2, -0.15) is 13.2 Å². The summed E-state index contributed by atoms with van der Waals surface area (Å²) in [4.78, 5) is 12.8. The van der Waals surface area contributed by atoms with Crippen LogP contribution in [0.4, 0.5) is 13.2 Å². The van der Waals surface area contributed by atoms with E-state index in [0.29, 0.717) is 12.5 Å². The number of halogens is 4. The molecule has 1 amide bonds.